The molecule has 2 aromatic heterocycles. The minimum absolute atomic E-state index is 0.205. The van der Waals surface area contributed by atoms with Gasteiger partial charge in [-0.25, -0.2) is 4.98 Å². The Morgan fingerprint density at radius 3 is 2.68 bits per heavy atom. The average molecular weight is 315 g/mol. The van der Waals surface area contributed by atoms with Gasteiger partial charge in [0.15, 0.2) is 5.13 Å². The Hall–Kier alpha value is -2.18. The standard InChI is InChI=1S/C16H17N3O2S/c1-8-11(14(21)10-5-4-6-18-7-10)12-15(9(2)13(8)20)22-16(17-3)19-12/h4-7,14,20-21H,1-3H3,(H,17,19). The summed E-state index contributed by atoms with van der Waals surface area (Å²) in [7, 11) is 1.80. The highest BCUT2D eigenvalue weighted by molar-refractivity contribution is 7.22. The van der Waals surface area contributed by atoms with Crippen molar-refractivity contribution < 1.29 is 10.2 Å². The summed E-state index contributed by atoms with van der Waals surface area (Å²) in [5, 5.41) is 24.9. The molecule has 114 valence electrons. The largest absolute Gasteiger partial charge is 0.507 e. The molecule has 2 heterocycles. The molecule has 0 bridgehead atoms. The molecular formula is C16H17N3O2S. The fourth-order valence-corrected chi connectivity index (χ4v) is 3.53. The first-order valence-corrected chi connectivity index (χ1v) is 7.74. The number of anilines is 1. The Morgan fingerprint density at radius 1 is 1.27 bits per heavy atom. The zero-order chi connectivity index (χ0) is 15.9. The number of benzene rings is 1. The number of aryl methyl sites for hydroxylation is 1. The minimum atomic E-state index is -0.880. The topological polar surface area (TPSA) is 78.3 Å². The molecule has 0 radical (unpaired) electrons. The van der Waals surface area contributed by atoms with Crippen LogP contribution in [-0.4, -0.2) is 27.2 Å². The number of fused-ring (bicyclic) bond motifs is 1. The number of thiazole rings is 1. The van der Waals surface area contributed by atoms with Crippen LogP contribution in [0.15, 0.2) is 24.5 Å². The van der Waals surface area contributed by atoms with Crippen molar-refractivity contribution in [2.45, 2.75) is 20.0 Å². The van der Waals surface area contributed by atoms with Crippen LogP contribution in [0.4, 0.5) is 5.13 Å². The van der Waals surface area contributed by atoms with Gasteiger partial charge in [0.25, 0.3) is 0 Å². The normalized spacial score (nSPS) is 12.5. The molecule has 0 aliphatic carbocycles. The van der Waals surface area contributed by atoms with E-state index in [0.717, 1.165) is 20.9 Å². The van der Waals surface area contributed by atoms with Gasteiger partial charge in [-0.05, 0) is 25.5 Å². The molecule has 0 saturated heterocycles. The maximum atomic E-state index is 10.8. The van der Waals surface area contributed by atoms with Crippen molar-refractivity contribution in [1.29, 1.82) is 0 Å². The summed E-state index contributed by atoms with van der Waals surface area (Å²) in [5.41, 5.74) is 3.46. The van der Waals surface area contributed by atoms with Crippen LogP contribution in [0.25, 0.3) is 10.2 Å². The van der Waals surface area contributed by atoms with Crippen LogP contribution < -0.4 is 5.32 Å². The van der Waals surface area contributed by atoms with E-state index in [9.17, 15) is 10.2 Å². The van der Waals surface area contributed by atoms with Crippen molar-refractivity contribution in [3.05, 3.63) is 46.8 Å². The predicted molar refractivity (Wildman–Crippen MR) is 88.6 cm³/mol. The first-order chi connectivity index (χ1) is 10.5. The highest BCUT2D eigenvalue weighted by Gasteiger charge is 2.23. The van der Waals surface area contributed by atoms with E-state index in [1.165, 1.54) is 11.3 Å². The van der Waals surface area contributed by atoms with Gasteiger partial charge in [0.1, 0.15) is 11.9 Å². The molecule has 1 atom stereocenters. The molecular weight excluding hydrogens is 298 g/mol. The molecule has 3 N–H and O–H groups in total. The monoisotopic (exact) mass is 315 g/mol. The second-order valence-corrected chi connectivity index (χ2v) is 6.15. The number of hydrogen-bond acceptors (Lipinski definition) is 6. The van der Waals surface area contributed by atoms with E-state index in [1.54, 1.807) is 32.4 Å². The predicted octanol–water partition coefficient (Wildman–Crippen LogP) is 3.14. The number of phenols is 1. The van der Waals surface area contributed by atoms with E-state index in [2.05, 4.69) is 15.3 Å². The van der Waals surface area contributed by atoms with Gasteiger partial charge in [0.2, 0.25) is 0 Å². The molecule has 22 heavy (non-hydrogen) atoms. The molecule has 1 aromatic carbocycles. The van der Waals surface area contributed by atoms with E-state index in [4.69, 9.17) is 0 Å². The Labute approximate surface area is 132 Å². The van der Waals surface area contributed by atoms with Crippen LogP contribution in [-0.2, 0) is 0 Å². The van der Waals surface area contributed by atoms with Gasteiger partial charge >= 0.3 is 0 Å². The smallest absolute Gasteiger partial charge is 0.183 e. The van der Waals surface area contributed by atoms with Crippen LogP contribution in [0, 0.1) is 13.8 Å². The summed E-state index contributed by atoms with van der Waals surface area (Å²) >= 11 is 1.46. The lowest BCUT2D eigenvalue weighted by molar-refractivity contribution is 0.220. The maximum Gasteiger partial charge on any atom is 0.183 e. The quantitative estimate of drug-likeness (QED) is 0.692. The molecule has 0 amide bonds. The highest BCUT2D eigenvalue weighted by Crippen LogP contribution is 2.42. The first-order valence-electron chi connectivity index (χ1n) is 6.93. The summed E-state index contributed by atoms with van der Waals surface area (Å²) < 4.78 is 0.880. The van der Waals surface area contributed by atoms with Crippen LogP contribution in [0.5, 0.6) is 5.75 Å². The third-order valence-corrected chi connectivity index (χ3v) is 5.02. The Kier molecular flexibility index (Phi) is 3.72. The number of aromatic hydroxyl groups is 1. The van der Waals surface area contributed by atoms with E-state index in [-0.39, 0.29) is 5.75 Å². The zero-order valence-corrected chi connectivity index (χ0v) is 13.4. The number of nitrogens with one attached hydrogen (secondary N) is 1. The molecule has 5 nitrogen and oxygen atoms in total. The Bertz CT molecular complexity index is 831. The van der Waals surface area contributed by atoms with Crippen molar-refractivity contribution in [2.24, 2.45) is 0 Å². The van der Waals surface area contributed by atoms with Crippen molar-refractivity contribution in [2.75, 3.05) is 12.4 Å². The average Bonchev–Trinajstić information content (AvgIpc) is 2.97. The molecule has 0 aliphatic heterocycles. The third kappa shape index (κ3) is 2.20. The molecule has 0 spiro atoms. The molecule has 6 heteroatoms. The van der Waals surface area contributed by atoms with Crippen molar-refractivity contribution in [1.82, 2.24) is 9.97 Å². The van der Waals surface area contributed by atoms with E-state index < -0.39 is 6.10 Å². The molecule has 0 fully saturated rings. The van der Waals surface area contributed by atoms with Crippen molar-refractivity contribution >= 4 is 26.7 Å². The van der Waals surface area contributed by atoms with Gasteiger partial charge in [0.05, 0.1) is 10.2 Å². The fraction of sp³-hybridized carbons (Fsp3) is 0.250. The maximum absolute atomic E-state index is 10.8. The number of aromatic nitrogens is 2. The SMILES string of the molecule is CNc1nc2c(C(O)c3cccnc3)c(C)c(O)c(C)c2s1. The summed E-state index contributed by atoms with van der Waals surface area (Å²) in [6.45, 7) is 3.66. The van der Waals surface area contributed by atoms with E-state index in [1.807, 2.05) is 13.0 Å². The van der Waals surface area contributed by atoms with Crippen LogP contribution in [0.1, 0.15) is 28.4 Å². The van der Waals surface area contributed by atoms with Crippen LogP contribution in [0.2, 0.25) is 0 Å². The number of phenolic OH excluding ortho intramolecular Hbond substituents is 1. The molecule has 0 saturated carbocycles. The second-order valence-electron chi connectivity index (χ2n) is 5.15. The van der Waals surface area contributed by atoms with Crippen LogP contribution >= 0.6 is 11.3 Å². The van der Waals surface area contributed by atoms with Gasteiger partial charge in [-0.1, -0.05) is 17.4 Å². The van der Waals surface area contributed by atoms with Gasteiger partial charge in [0, 0.05) is 36.1 Å². The summed E-state index contributed by atoms with van der Waals surface area (Å²) in [6.07, 6.45) is 2.40. The third-order valence-electron chi connectivity index (χ3n) is 3.82. The first kappa shape index (κ1) is 14.7. The summed E-state index contributed by atoms with van der Waals surface area (Å²) in [5.74, 6) is 0.205. The number of rotatable bonds is 3. The summed E-state index contributed by atoms with van der Waals surface area (Å²) in [4.78, 5) is 8.61. The van der Waals surface area contributed by atoms with Gasteiger partial charge < -0.3 is 15.5 Å². The zero-order valence-electron chi connectivity index (χ0n) is 12.6. The highest BCUT2D eigenvalue weighted by atomic mass is 32.1. The van der Waals surface area contributed by atoms with Crippen LogP contribution in [0.3, 0.4) is 0 Å². The number of aliphatic hydroxyl groups excluding tert-OH is 1. The van der Waals surface area contributed by atoms with E-state index in [0.29, 0.717) is 16.7 Å². The lowest BCUT2D eigenvalue weighted by Crippen LogP contribution is -2.04. The number of hydrogen-bond donors (Lipinski definition) is 3. The second kappa shape index (κ2) is 5.55. The van der Waals surface area contributed by atoms with Crippen molar-refractivity contribution in [3.8, 4) is 5.75 Å². The summed E-state index contributed by atoms with van der Waals surface area (Å²) in [6, 6.07) is 3.59. The minimum Gasteiger partial charge on any atom is -0.507 e. The molecule has 0 aliphatic rings. The number of aliphatic hydroxyl groups is 1. The fourth-order valence-electron chi connectivity index (χ4n) is 2.60. The number of nitrogens with zero attached hydrogens (tertiary/aromatic N) is 2. The van der Waals surface area contributed by atoms with Gasteiger partial charge in [-0.15, -0.1) is 0 Å². The van der Waals surface area contributed by atoms with Gasteiger partial charge in [-0.3, -0.25) is 4.98 Å². The van der Waals surface area contributed by atoms with Crippen molar-refractivity contribution in [3.63, 3.8) is 0 Å². The molecule has 3 rings (SSSR count). The molecule has 1 unspecified atom stereocenters. The van der Waals surface area contributed by atoms with Gasteiger partial charge in [-0.2, -0.15) is 0 Å². The number of pyridine rings is 1. The van der Waals surface area contributed by atoms with E-state index >= 15 is 0 Å². The lowest BCUT2D eigenvalue weighted by atomic mass is 9.94. The molecule has 3 aromatic rings. The Morgan fingerprint density at radius 2 is 2.05 bits per heavy atom. The lowest BCUT2D eigenvalue weighted by Gasteiger charge is -2.17. The Balaban J connectivity index is 2.30.